The minimum Gasteiger partial charge on any atom is -0.380 e. The number of hydrogen-bond donors (Lipinski definition) is 1. The van der Waals surface area contributed by atoms with E-state index in [-0.39, 0.29) is 6.04 Å². The van der Waals surface area contributed by atoms with E-state index >= 15 is 0 Å². The summed E-state index contributed by atoms with van der Waals surface area (Å²) in [6, 6.07) is 0.227. The first-order valence-corrected chi connectivity index (χ1v) is 8.30. The molecule has 1 aromatic heterocycles. The summed E-state index contributed by atoms with van der Waals surface area (Å²) in [5.74, 6) is 0. The van der Waals surface area contributed by atoms with Gasteiger partial charge in [0.1, 0.15) is 4.90 Å². The van der Waals surface area contributed by atoms with Crippen LogP contribution in [-0.4, -0.2) is 55.4 Å². The number of sulfonamides is 1. The molecule has 0 bridgehead atoms. The van der Waals surface area contributed by atoms with Gasteiger partial charge in [-0.2, -0.15) is 5.10 Å². The molecule has 0 aliphatic carbocycles. The summed E-state index contributed by atoms with van der Waals surface area (Å²) >= 11 is 0. The topological polar surface area (TPSA) is 76.5 Å². The molecule has 7 nitrogen and oxygen atoms in total. The second kappa shape index (κ2) is 5.10. The maximum absolute atomic E-state index is 12.5. The standard InChI is InChI=1S/C12H20N4O3S/c1-9-6-16-11(7-15(9)2)12(5-13-16)20(17,18)14-10-3-4-19-8-10/h5,9-10,14H,3-4,6-8H2,1-2H3/t9-,10?/m0/s1. The predicted molar refractivity (Wildman–Crippen MR) is 72.7 cm³/mol. The van der Waals surface area contributed by atoms with Gasteiger partial charge in [0.25, 0.3) is 0 Å². The van der Waals surface area contributed by atoms with Crippen LogP contribution >= 0.6 is 0 Å². The van der Waals surface area contributed by atoms with E-state index in [9.17, 15) is 8.42 Å². The molecule has 1 unspecified atom stereocenters. The van der Waals surface area contributed by atoms with E-state index in [2.05, 4.69) is 21.6 Å². The third kappa shape index (κ3) is 2.48. The van der Waals surface area contributed by atoms with Gasteiger partial charge in [0.05, 0.1) is 25.0 Å². The van der Waals surface area contributed by atoms with Crippen LogP contribution in [0.3, 0.4) is 0 Å². The molecule has 8 heteroatoms. The lowest BCUT2D eigenvalue weighted by molar-refractivity contribution is 0.180. The largest absolute Gasteiger partial charge is 0.380 e. The smallest absolute Gasteiger partial charge is 0.244 e. The Bertz CT molecular complexity index is 592. The van der Waals surface area contributed by atoms with Crippen molar-refractivity contribution in [2.75, 3.05) is 20.3 Å². The summed E-state index contributed by atoms with van der Waals surface area (Å²) in [7, 11) is -1.53. The van der Waals surface area contributed by atoms with Crippen LogP contribution < -0.4 is 4.72 Å². The monoisotopic (exact) mass is 300 g/mol. The third-order valence-corrected chi connectivity index (χ3v) is 5.60. The predicted octanol–water partition coefficient (Wildman–Crippen LogP) is -0.216. The van der Waals surface area contributed by atoms with E-state index in [4.69, 9.17) is 4.74 Å². The number of hydrogen-bond acceptors (Lipinski definition) is 5. The molecule has 3 rings (SSSR count). The maximum Gasteiger partial charge on any atom is 0.244 e. The maximum atomic E-state index is 12.5. The first-order valence-electron chi connectivity index (χ1n) is 6.82. The zero-order valence-corrected chi connectivity index (χ0v) is 12.6. The summed E-state index contributed by atoms with van der Waals surface area (Å²) < 4.78 is 34.7. The van der Waals surface area contributed by atoms with E-state index in [1.165, 1.54) is 6.20 Å². The van der Waals surface area contributed by atoms with Gasteiger partial charge in [-0.3, -0.25) is 9.58 Å². The van der Waals surface area contributed by atoms with Crippen LogP contribution in [0.2, 0.25) is 0 Å². The van der Waals surface area contributed by atoms with Gasteiger partial charge >= 0.3 is 0 Å². The number of nitrogens with zero attached hydrogens (tertiary/aromatic N) is 3. The van der Waals surface area contributed by atoms with Crippen molar-refractivity contribution in [1.29, 1.82) is 0 Å². The van der Waals surface area contributed by atoms with Crippen molar-refractivity contribution in [1.82, 2.24) is 19.4 Å². The van der Waals surface area contributed by atoms with Crippen molar-refractivity contribution < 1.29 is 13.2 Å². The van der Waals surface area contributed by atoms with E-state index in [1.54, 1.807) is 4.68 Å². The molecule has 0 aromatic carbocycles. The first kappa shape index (κ1) is 14.0. The fourth-order valence-corrected chi connectivity index (χ4v) is 4.04. The first-order chi connectivity index (χ1) is 9.47. The molecule has 2 atom stereocenters. The Balaban J connectivity index is 1.87. The highest BCUT2D eigenvalue weighted by atomic mass is 32.2. The zero-order valence-electron chi connectivity index (χ0n) is 11.7. The molecular weight excluding hydrogens is 280 g/mol. The lowest BCUT2D eigenvalue weighted by Gasteiger charge is -2.30. The van der Waals surface area contributed by atoms with Crippen LogP contribution in [0.15, 0.2) is 11.1 Å². The fourth-order valence-electron chi connectivity index (χ4n) is 2.63. The number of likely N-dealkylation sites (N-methyl/N-ethyl adjacent to an activating group) is 1. The molecule has 20 heavy (non-hydrogen) atoms. The molecule has 0 amide bonds. The Labute approximate surface area is 118 Å². The van der Waals surface area contributed by atoms with Crippen LogP contribution in [0.25, 0.3) is 0 Å². The van der Waals surface area contributed by atoms with Gasteiger partial charge in [0.15, 0.2) is 0 Å². The van der Waals surface area contributed by atoms with Crippen molar-refractivity contribution in [3.8, 4) is 0 Å². The Hall–Kier alpha value is -0.960. The van der Waals surface area contributed by atoms with E-state index < -0.39 is 10.0 Å². The molecule has 1 saturated heterocycles. The van der Waals surface area contributed by atoms with Gasteiger partial charge in [0, 0.05) is 25.2 Å². The summed E-state index contributed by atoms with van der Waals surface area (Å²) in [6.45, 7) is 4.47. The third-order valence-electron chi connectivity index (χ3n) is 4.04. The van der Waals surface area contributed by atoms with E-state index in [1.807, 2.05) is 7.05 Å². The number of nitrogens with one attached hydrogen (secondary N) is 1. The Morgan fingerprint density at radius 1 is 1.50 bits per heavy atom. The normalized spacial score (nSPS) is 27.7. The van der Waals surface area contributed by atoms with Crippen molar-refractivity contribution in [2.45, 2.75) is 43.4 Å². The molecule has 1 N–H and O–H groups in total. The molecular formula is C12H20N4O3S. The molecule has 0 radical (unpaired) electrons. The molecule has 3 heterocycles. The molecule has 0 saturated carbocycles. The van der Waals surface area contributed by atoms with E-state index in [0.29, 0.717) is 37.2 Å². The summed E-state index contributed by atoms with van der Waals surface area (Å²) in [5, 5.41) is 4.22. The van der Waals surface area contributed by atoms with Crippen LogP contribution in [-0.2, 0) is 27.8 Å². The molecule has 1 fully saturated rings. The van der Waals surface area contributed by atoms with Crippen LogP contribution in [0.5, 0.6) is 0 Å². The SMILES string of the molecule is C[C@H]1Cn2ncc(S(=O)(=O)NC3CCOC3)c2CN1C. The quantitative estimate of drug-likeness (QED) is 0.835. The second-order valence-corrected chi connectivity index (χ2v) is 7.27. The average Bonchev–Trinajstić information content (AvgIpc) is 2.99. The fraction of sp³-hybridized carbons (Fsp3) is 0.750. The Morgan fingerprint density at radius 3 is 3.00 bits per heavy atom. The second-order valence-electron chi connectivity index (χ2n) is 5.58. The summed E-state index contributed by atoms with van der Waals surface area (Å²) in [4.78, 5) is 2.43. The Kier molecular flexibility index (Phi) is 3.57. The number of aromatic nitrogens is 2. The van der Waals surface area contributed by atoms with Gasteiger partial charge < -0.3 is 4.74 Å². The average molecular weight is 300 g/mol. The van der Waals surface area contributed by atoms with Crippen LogP contribution in [0, 0.1) is 0 Å². The van der Waals surface area contributed by atoms with Gasteiger partial charge in [-0.25, -0.2) is 13.1 Å². The lowest BCUT2D eigenvalue weighted by Crippen LogP contribution is -2.40. The van der Waals surface area contributed by atoms with Gasteiger partial charge in [-0.1, -0.05) is 0 Å². The van der Waals surface area contributed by atoms with Crippen molar-refractivity contribution >= 4 is 10.0 Å². The molecule has 112 valence electrons. The highest BCUT2D eigenvalue weighted by Gasteiger charge is 2.31. The minimum absolute atomic E-state index is 0.129. The van der Waals surface area contributed by atoms with Crippen LogP contribution in [0.1, 0.15) is 19.0 Å². The lowest BCUT2D eigenvalue weighted by atomic mass is 10.2. The van der Waals surface area contributed by atoms with E-state index in [0.717, 1.165) is 12.1 Å². The highest BCUT2D eigenvalue weighted by molar-refractivity contribution is 7.89. The minimum atomic E-state index is -3.52. The summed E-state index contributed by atoms with van der Waals surface area (Å²) in [6.07, 6.45) is 2.18. The van der Waals surface area contributed by atoms with Crippen molar-refractivity contribution in [3.63, 3.8) is 0 Å². The number of ether oxygens (including phenoxy) is 1. The Morgan fingerprint density at radius 2 is 2.30 bits per heavy atom. The number of rotatable bonds is 3. The molecule has 2 aliphatic heterocycles. The van der Waals surface area contributed by atoms with Gasteiger partial charge in [-0.15, -0.1) is 0 Å². The van der Waals surface area contributed by atoms with Gasteiger partial charge in [-0.05, 0) is 20.4 Å². The van der Waals surface area contributed by atoms with Crippen molar-refractivity contribution in [2.24, 2.45) is 0 Å². The molecule has 0 spiro atoms. The van der Waals surface area contributed by atoms with Crippen molar-refractivity contribution in [3.05, 3.63) is 11.9 Å². The van der Waals surface area contributed by atoms with Gasteiger partial charge in [0.2, 0.25) is 10.0 Å². The highest BCUT2D eigenvalue weighted by Crippen LogP contribution is 2.23. The zero-order chi connectivity index (χ0) is 14.3. The molecule has 1 aromatic rings. The molecule has 2 aliphatic rings. The van der Waals surface area contributed by atoms with Crippen LogP contribution in [0.4, 0.5) is 0 Å². The number of fused-ring (bicyclic) bond motifs is 1. The summed E-state index contributed by atoms with van der Waals surface area (Å²) in [5.41, 5.74) is 0.761.